The second-order valence-electron chi connectivity index (χ2n) is 9.00. The largest absolute Gasteiger partial charge is 0.267 e. The lowest BCUT2D eigenvalue weighted by atomic mass is 9.70. The molecule has 0 saturated heterocycles. The van der Waals surface area contributed by atoms with Crippen LogP contribution in [0.15, 0.2) is 28.7 Å². The fourth-order valence-corrected chi connectivity index (χ4v) is 7.91. The minimum Gasteiger partial charge on any atom is -0.223 e. The van der Waals surface area contributed by atoms with Crippen molar-refractivity contribution in [3.63, 3.8) is 0 Å². The van der Waals surface area contributed by atoms with Gasteiger partial charge in [-0.15, -0.1) is 5.10 Å². The SMILES string of the molecule is Cc1ccc(C23CC4CC(CC2C4)C3)cc1-c1cn2nc(S(N)(=O)=O)sc2n1. The first-order valence-electron chi connectivity index (χ1n) is 9.82. The number of aryl methyl sites for hydroxylation is 1. The van der Waals surface area contributed by atoms with E-state index in [-0.39, 0.29) is 4.34 Å². The van der Waals surface area contributed by atoms with Crippen LogP contribution in [0.3, 0.4) is 0 Å². The van der Waals surface area contributed by atoms with E-state index < -0.39 is 10.0 Å². The van der Waals surface area contributed by atoms with Crippen molar-refractivity contribution in [1.82, 2.24) is 14.6 Å². The summed E-state index contributed by atoms with van der Waals surface area (Å²) in [5.41, 5.74) is 4.97. The zero-order chi connectivity index (χ0) is 19.3. The number of sulfonamides is 1. The Balaban J connectivity index is 1.44. The summed E-state index contributed by atoms with van der Waals surface area (Å²) in [6.45, 7) is 2.10. The van der Waals surface area contributed by atoms with Gasteiger partial charge in [0, 0.05) is 5.56 Å². The summed E-state index contributed by atoms with van der Waals surface area (Å²) in [7, 11) is -3.80. The maximum absolute atomic E-state index is 11.5. The summed E-state index contributed by atoms with van der Waals surface area (Å²) in [6.07, 6.45) is 8.73. The molecule has 8 heteroatoms. The zero-order valence-corrected chi connectivity index (χ0v) is 17.3. The molecule has 4 bridgehead atoms. The molecule has 28 heavy (non-hydrogen) atoms. The van der Waals surface area contributed by atoms with Crippen molar-refractivity contribution in [2.45, 2.75) is 48.8 Å². The molecule has 0 spiro atoms. The van der Waals surface area contributed by atoms with Gasteiger partial charge in [-0.05, 0) is 79.4 Å². The molecule has 4 fully saturated rings. The second-order valence-corrected chi connectivity index (χ2v) is 11.7. The molecule has 2 aromatic heterocycles. The summed E-state index contributed by atoms with van der Waals surface area (Å²) >= 11 is 1.00. The highest BCUT2D eigenvalue weighted by Gasteiger charge is 2.58. The van der Waals surface area contributed by atoms with Gasteiger partial charge in [0.15, 0.2) is 0 Å². The third-order valence-corrected chi connectivity index (χ3v) is 9.58. The van der Waals surface area contributed by atoms with Gasteiger partial charge in [0.2, 0.25) is 9.30 Å². The van der Waals surface area contributed by atoms with Gasteiger partial charge in [0.25, 0.3) is 10.0 Å². The number of nitrogens with two attached hydrogens (primary N) is 1. The lowest BCUT2D eigenvalue weighted by Gasteiger charge is -2.34. The van der Waals surface area contributed by atoms with Crippen LogP contribution in [0, 0.1) is 24.7 Å². The van der Waals surface area contributed by atoms with E-state index in [1.165, 1.54) is 47.7 Å². The summed E-state index contributed by atoms with van der Waals surface area (Å²) in [5.74, 6) is 2.68. The highest BCUT2D eigenvalue weighted by atomic mass is 32.2. The number of fused-ring (bicyclic) bond motifs is 1. The monoisotopic (exact) mass is 414 g/mol. The first-order chi connectivity index (χ1) is 13.3. The Labute approximate surface area is 167 Å². The van der Waals surface area contributed by atoms with Crippen LogP contribution >= 0.6 is 11.3 Å². The van der Waals surface area contributed by atoms with Crippen LogP contribution in [0.2, 0.25) is 0 Å². The van der Waals surface area contributed by atoms with E-state index in [0.29, 0.717) is 10.4 Å². The Kier molecular flexibility index (Phi) is 3.32. The van der Waals surface area contributed by atoms with Gasteiger partial charge in [-0.3, -0.25) is 0 Å². The number of imidazole rings is 1. The van der Waals surface area contributed by atoms with E-state index in [0.717, 1.165) is 40.3 Å². The van der Waals surface area contributed by atoms with Crippen molar-refractivity contribution in [1.29, 1.82) is 0 Å². The topological polar surface area (TPSA) is 90.4 Å². The second kappa shape index (κ2) is 5.43. The molecule has 2 atom stereocenters. The Morgan fingerprint density at radius 3 is 2.64 bits per heavy atom. The van der Waals surface area contributed by atoms with Crippen LogP contribution in [-0.2, 0) is 15.4 Å². The van der Waals surface area contributed by atoms with Gasteiger partial charge in [0.05, 0.1) is 11.9 Å². The van der Waals surface area contributed by atoms with Crippen molar-refractivity contribution in [2.75, 3.05) is 0 Å². The van der Waals surface area contributed by atoms with E-state index in [4.69, 9.17) is 5.14 Å². The Bertz CT molecular complexity index is 1180. The first-order valence-corrected chi connectivity index (χ1v) is 12.2. The maximum atomic E-state index is 11.5. The molecule has 2 unspecified atom stereocenters. The van der Waals surface area contributed by atoms with E-state index in [1.54, 1.807) is 0 Å². The average Bonchev–Trinajstić information content (AvgIpc) is 3.31. The number of nitrogens with zero attached hydrogens (tertiary/aromatic N) is 3. The Morgan fingerprint density at radius 2 is 1.96 bits per heavy atom. The molecule has 0 aliphatic heterocycles. The molecule has 0 radical (unpaired) electrons. The molecule has 146 valence electrons. The number of hydrogen-bond acceptors (Lipinski definition) is 5. The van der Waals surface area contributed by atoms with E-state index in [1.807, 2.05) is 6.20 Å². The molecule has 6 nitrogen and oxygen atoms in total. The Morgan fingerprint density at radius 1 is 1.21 bits per heavy atom. The van der Waals surface area contributed by atoms with E-state index >= 15 is 0 Å². The molecule has 2 heterocycles. The van der Waals surface area contributed by atoms with Gasteiger partial charge < -0.3 is 0 Å². The lowest BCUT2D eigenvalue weighted by Crippen LogP contribution is -2.27. The summed E-state index contributed by atoms with van der Waals surface area (Å²) in [6, 6.07) is 6.89. The quantitative estimate of drug-likeness (QED) is 0.710. The van der Waals surface area contributed by atoms with Gasteiger partial charge in [-0.1, -0.05) is 23.5 Å². The normalized spacial score (nSPS) is 31.3. The first kappa shape index (κ1) is 17.1. The predicted octanol–water partition coefficient (Wildman–Crippen LogP) is 3.49. The summed E-state index contributed by atoms with van der Waals surface area (Å²) < 4.78 is 24.5. The zero-order valence-electron chi connectivity index (χ0n) is 15.6. The van der Waals surface area contributed by atoms with Crippen molar-refractivity contribution in [3.05, 3.63) is 35.5 Å². The fraction of sp³-hybridized carbons (Fsp3) is 0.500. The van der Waals surface area contributed by atoms with Gasteiger partial charge in [0.1, 0.15) is 0 Å². The standard InChI is InChI=1S/C20H22N4O2S2/c1-11-2-3-14(20-8-12-4-13(9-20)6-15(20)5-12)7-16(11)17-10-24-18(22-17)27-19(23-24)28(21,25)26/h2-3,7,10,12-13,15H,4-6,8-9H2,1H3,(H2,21,25,26). The number of aromatic nitrogens is 3. The molecule has 3 aromatic rings. The maximum Gasteiger partial charge on any atom is 0.267 e. The summed E-state index contributed by atoms with van der Waals surface area (Å²) in [5, 5.41) is 9.27. The molecular weight excluding hydrogens is 392 g/mol. The van der Waals surface area contributed by atoms with Crippen LogP contribution in [0.25, 0.3) is 16.2 Å². The van der Waals surface area contributed by atoms with E-state index in [9.17, 15) is 8.42 Å². The molecule has 4 aliphatic rings. The molecule has 4 aliphatic carbocycles. The highest BCUT2D eigenvalue weighted by Crippen LogP contribution is 2.66. The van der Waals surface area contributed by atoms with Crippen LogP contribution in [0.1, 0.15) is 43.2 Å². The summed E-state index contributed by atoms with van der Waals surface area (Å²) in [4.78, 5) is 5.20. The van der Waals surface area contributed by atoms with Crippen LogP contribution in [-0.4, -0.2) is 23.0 Å². The number of rotatable bonds is 3. The highest BCUT2D eigenvalue weighted by molar-refractivity contribution is 7.91. The average molecular weight is 415 g/mol. The molecule has 2 N–H and O–H groups in total. The molecule has 7 rings (SSSR count). The van der Waals surface area contributed by atoms with Crippen molar-refractivity contribution >= 4 is 26.3 Å². The third kappa shape index (κ3) is 2.31. The predicted molar refractivity (Wildman–Crippen MR) is 108 cm³/mol. The Hall–Kier alpha value is -1.77. The van der Waals surface area contributed by atoms with Crippen LogP contribution < -0.4 is 5.14 Å². The lowest BCUT2D eigenvalue weighted by molar-refractivity contribution is 0.266. The van der Waals surface area contributed by atoms with Gasteiger partial charge >= 0.3 is 0 Å². The van der Waals surface area contributed by atoms with Gasteiger partial charge in [-0.2, -0.15) is 0 Å². The third-order valence-electron chi connectivity index (χ3n) is 7.35. The fourth-order valence-electron chi connectivity index (χ4n) is 6.40. The van der Waals surface area contributed by atoms with Crippen molar-refractivity contribution in [3.8, 4) is 11.3 Å². The number of benzene rings is 1. The molecule has 0 amide bonds. The number of primary sulfonamides is 1. The van der Waals surface area contributed by atoms with Crippen molar-refractivity contribution < 1.29 is 8.42 Å². The molecule has 4 saturated carbocycles. The van der Waals surface area contributed by atoms with Crippen molar-refractivity contribution in [2.24, 2.45) is 22.9 Å². The molecular formula is C20H22N4O2S2. The molecule has 1 aromatic carbocycles. The minimum atomic E-state index is -3.80. The number of hydrogen-bond donors (Lipinski definition) is 1. The van der Waals surface area contributed by atoms with Crippen LogP contribution in [0.4, 0.5) is 0 Å². The van der Waals surface area contributed by atoms with E-state index in [2.05, 4.69) is 35.2 Å². The smallest absolute Gasteiger partial charge is 0.223 e. The minimum absolute atomic E-state index is 0.107. The van der Waals surface area contributed by atoms with Crippen LogP contribution in [0.5, 0.6) is 0 Å². The van der Waals surface area contributed by atoms with Gasteiger partial charge in [-0.25, -0.2) is 23.1 Å².